The van der Waals surface area contributed by atoms with Crippen LogP contribution in [0.4, 0.5) is 0 Å². The van der Waals surface area contributed by atoms with E-state index in [4.69, 9.17) is 28.1 Å². The van der Waals surface area contributed by atoms with Gasteiger partial charge < -0.3 is 63.8 Å². The molecule has 222 valence electrons. The van der Waals surface area contributed by atoms with Crippen LogP contribution in [0.5, 0.6) is 5.75 Å². The SMILES string of the molecule is CC(C)(O[C@H]1O[C@@H](CO[C@@H]2O[C@@H](CO)[C@H](O)[C@H](O)[C@H]2O)[C@H](O)[C@H](O)[C@@H]1O)[C@H]1Cc2c(ccc3ccc(=O)oc23)O1. The van der Waals surface area contributed by atoms with Gasteiger partial charge in [0.15, 0.2) is 12.6 Å². The summed E-state index contributed by atoms with van der Waals surface area (Å²) in [5.74, 6) is 0.509. The van der Waals surface area contributed by atoms with Gasteiger partial charge >= 0.3 is 5.63 Å². The number of benzene rings is 1. The Bertz CT molecular complexity index is 1250. The first kappa shape index (κ1) is 29.3. The predicted octanol–water partition coefficient (Wildman–Crippen LogP) is -2.48. The zero-order chi connectivity index (χ0) is 28.9. The van der Waals surface area contributed by atoms with Crippen LogP contribution in [0, 0.1) is 0 Å². The van der Waals surface area contributed by atoms with Crippen LogP contribution in [0.3, 0.4) is 0 Å². The van der Waals surface area contributed by atoms with E-state index in [1.807, 2.05) is 0 Å². The van der Waals surface area contributed by atoms with Crippen LogP contribution in [0.2, 0.25) is 0 Å². The third-order valence-corrected chi connectivity index (χ3v) is 7.65. The van der Waals surface area contributed by atoms with E-state index < -0.39 is 92.0 Å². The van der Waals surface area contributed by atoms with Crippen LogP contribution in [0.15, 0.2) is 33.5 Å². The molecule has 0 spiro atoms. The van der Waals surface area contributed by atoms with E-state index >= 15 is 0 Å². The van der Waals surface area contributed by atoms with Crippen LogP contribution < -0.4 is 10.4 Å². The Labute approximate surface area is 227 Å². The minimum atomic E-state index is -1.70. The highest BCUT2D eigenvalue weighted by molar-refractivity contribution is 5.82. The van der Waals surface area contributed by atoms with Crippen molar-refractivity contribution in [2.75, 3.05) is 13.2 Å². The Morgan fingerprint density at radius 3 is 2.17 bits per heavy atom. The van der Waals surface area contributed by atoms with Gasteiger partial charge in [0, 0.05) is 23.4 Å². The highest BCUT2D eigenvalue weighted by Gasteiger charge is 2.50. The minimum absolute atomic E-state index is 0.310. The fraction of sp³-hybridized carbons (Fsp3) is 0.654. The molecule has 1 aromatic heterocycles. The number of rotatable bonds is 7. The first-order valence-electron chi connectivity index (χ1n) is 12.9. The highest BCUT2D eigenvalue weighted by Crippen LogP contribution is 2.40. The molecule has 5 rings (SSSR count). The summed E-state index contributed by atoms with van der Waals surface area (Å²) in [5.41, 5.74) is -0.538. The molecule has 0 amide bonds. The van der Waals surface area contributed by atoms with Crippen LogP contribution in [-0.2, 0) is 25.4 Å². The zero-order valence-electron chi connectivity index (χ0n) is 21.8. The summed E-state index contributed by atoms with van der Waals surface area (Å²) in [6, 6.07) is 6.50. The van der Waals surface area contributed by atoms with Crippen LogP contribution >= 0.6 is 0 Å². The van der Waals surface area contributed by atoms with Gasteiger partial charge in [0.1, 0.15) is 71.9 Å². The molecule has 2 saturated heterocycles. The summed E-state index contributed by atoms with van der Waals surface area (Å²) in [4.78, 5) is 11.8. The van der Waals surface area contributed by atoms with Crippen molar-refractivity contribution in [2.45, 2.75) is 93.4 Å². The summed E-state index contributed by atoms with van der Waals surface area (Å²) >= 11 is 0. The van der Waals surface area contributed by atoms with Crippen molar-refractivity contribution in [3.8, 4) is 5.75 Å². The van der Waals surface area contributed by atoms with Gasteiger partial charge in [-0.25, -0.2) is 4.79 Å². The molecule has 0 radical (unpaired) electrons. The number of aliphatic hydroxyl groups excluding tert-OH is 7. The topological polar surface area (TPSA) is 218 Å². The smallest absolute Gasteiger partial charge is 0.336 e. The fourth-order valence-corrected chi connectivity index (χ4v) is 5.17. The molecule has 0 aliphatic carbocycles. The number of hydrogen-bond donors (Lipinski definition) is 7. The molecule has 2 fully saturated rings. The number of hydrogen-bond acceptors (Lipinski definition) is 14. The van der Waals surface area contributed by atoms with Crippen molar-refractivity contribution in [1.82, 2.24) is 0 Å². The van der Waals surface area contributed by atoms with E-state index in [0.29, 0.717) is 23.3 Å². The first-order valence-corrected chi connectivity index (χ1v) is 12.9. The lowest BCUT2D eigenvalue weighted by atomic mass is 9.95. The molecule has 1 aromatic carbocycles. The van der Waals surface area contributed by atoms with Crippen molar-refractivity contribution in [3.05, 3.63) is 40.2 Å². The van der Waals surface area contributed by atoms with Crippen LogP contribution in [0.25, 0.3) is 11.0 Å². The summed E-state index contributed by atoms with van der Waals surface area (Å²) in [7, 11) is 0. The Morgan fingerprint density at radius 2 is 1.48 bits per heavy atom. The second-order valence-corrected chi connectivity index (χ2v) is 10.8. The van der Waals surface area contributed by atoms with Crippen LogP contribution in [-0.4, -0.2) is 122 Å². The number of fused-ring (bicyclic) bond motifs is 3. The average Bonchev–Trinajstić information content (AvgIpc) is 3.38. The summed E-state index contributed by atoms with van der Waals surface area (Å²) in [6.07, 6.45) is -15.6. The highest BCUT2D eigenvalue weighted by atomic mass is 16.7. The van der Waals surface area contributed by atoms with Crippen molar-refractivity contribution >= 4 is 11.0 Å². The van der Waals surface area contributed by atoms with E-state index in [2.05, 4.69) is 0 Å². The molecule has 2 aromatic rings. The van der Waals surface area contributed by atoms with Crippen molar-refractivity contribution in [1.29, 1.82) is 0 Å². The van der Waals surface area contributed by atoms with E-state index in [9.17, 15) is 40.5 Å². The van der Waals surface area contributed by atoms with Crippen molar-refractivity contribution in [2.24, 2.45) is 0 Å². The molecule has 4 heterocycles. The third kappa shape index (κ3) is 5.37. The molecule has 14 heteroatoms. The van der Waals surface area contributed by atoms with Crippen LogP contribution in [0.1, 0.15) is 19.4 Å². The van der Waals surface area contributed by atoms with Gasteiger partial charge in [0.2, 0.25) is 0 Å². The Balaban J connectivity index is 1.26. The fourth-order valence-electron chi connectivity index (χ4n) is 5.17. The third-order valence-electron chi connectivity index (χ3n) is 7.65. The lowest BCUT2D eigenvalue weighted by Gasteiger charge is -2.45. The van der Waals surface area contributed by atoms with Gasteiger partial charge in [-0.1, -0.05) is 0 Å². The van der Waals surface area contributed by atoms with Gasteiger partial charge in [-0.3, -0.25) is 0 Å². The van der Waals surface area contributed by atoms with Gasteiger partial charge in [-0.05, 0) is 32.0 Å². The standard InChI is InChI=1S/C26H34O14/c1-26(2,15-7-11-12(36-15)5-3-10-4-6-16(28)39-23(10)11)40-25-22(34)20(32)18(30)14(38-25)9-35-24-21(33)19(31)17(29)13(8-27)37-24/h3-6,13-15,17-22,24-25,27,29-34H,7-9H2,1-2H3/t13-,14-,15+,17-,18-,19-,20-,21+,22-,24+,25+/m0/s1. The minimum Gasteiger partial charge on any atom is -0.487 e. The summed E-state index contributed by atoms with van der Waals surface area (Å²) in [5, 5.41) is 71.8. The van der Waals surface area contributed by atoms with E-state index in [-0.39, 0.29) is 0 Å². The maximum absolute atomic E-state index is 11.8. The second kappa shape index (κ2) is 11.2. The van der Waals surface area contributed by atoms with Crippen molar-refractivity contribution in [3.63, 3.8) is 0 Å². The Kier molecular flexibility index (Phi) is 8.22. The molecule has 0 unspecified atom stereocenters. The first-order chi connectivity index (χ1) is 18.9. The number of ether oxygens (including phenoxy) is 5. The van der Waals surface area contributed by atoms with Gasteiger partial charge in [0.25, 0.3) is 0 Å². The molecule has 7 N–H and O–H groups in total. The molecule has 0 saturated carbocycles. The zero-order valence-corrected chi connectivity index (χ0v) is 21.8. The predicted molar refractivity (Wildman–Crippen MR) is 132 cm³/mol. The van der Waals surface area contributed by atoms with Crippen molar-refractivity contribution < 1.29 is 63.8 Å². The lowest BCUT2D eigenvalue weighted by molar-refractivity contribution is -0.345. The summed E-state index contributed by atoms with van der Waals surface area (Å²) in [6.45, 7) is 2.24. The monoisotopic (exact) mass is 570 g/mol. The van der Waals surface area contributed by atoms with E-state index in [1.54, 1.807) is 32.0 Å². The molecular weight excluding hydrogens is 536 g/mol. The molecule has 40 heavy (non-hydrogen) atoms. The van der Waals surface area contributed by atoms with E-state index in [1.165, 1.54) is 6.07 Å². The van der Waals surface area contributed by atoms with Gasteiger partial charge in [-0.2, -0.15) is 0 Å². The molecule has 3 aliphatic heterocycles. The number of aliphatic hydroxyl groups is 7. The quantitative estimate of drug-likeness (QED) is 0.172. The molecule has 11 atom stereocenters. The largest absolute Gasteiger partial charge is 0.487 e. The summed E-state index contributed by atoms with van der Waals surface area (Å²) < 4.78 is 34.0. The maximum Gasteiger partial charge on any atom is 0.336 e. The van der Waals surface area contributed by atoms with E-state index in [0.717, 1.165) is 5.39 Å². The van der Waals surface area contributed by atoms with Gasteiger partial charge in [-0.15, -0.1) is 0 Å². The maximum atomic E-state index is 11.8. The Hall–Kier alpha value is -2.21. The molecule has 14 nitrogen and oxygen atoms in total. The van der Waals surface area contributed by atoms with Gasteiger partial charge in [0.05, 0.1) is 13.2 Å². The normalized spacial score (nSPS) is 38.3. The lowest BCUT2D eigenvalue weighted by Crippen LogP contribution is -2.63. The molecule has 3 aliphatic rings. The molecular formula is C26H34O14. The molecule has 0 bridgehead atoms. The average molecular weight is 571 g/mol. The Morgan fingerprint density at radius 1 is 0.850 bits per heavy atom. The second-order valence-electron chi connectivity index (χ2n) is 10.8.